The van der Waals surface area contributed by atoms with E-state index in [1.807, 2.05) is 24.3 Å². The van der Waals surface area contributed by atoms with Crippen LogP contribution in [0.15, 0.2) is 24.5 Å². The molecule has 2 aliphatic heterocycles. The molecule has 0 radical (unpaired) electrons. The fourth-order valence-electron chi connectivity index (χ4n) is 4.55. The van der Waals surface area contributed by atoms with Crippen LogP contribution >= 0.6 is 0 Å². The maximum atomic E-state index is 12.8. The first-order valence-corrected chi connectivity index (χ1v) is 10.8. The van der Waals surface area contributed by atoms with E-state index in [1.165, 1.54) is 18.4 Å². The first kappa shape index (κ1) is 20.3. The second-order valence-electron chi connectivity index (χ2n) is 8.31. The average molecular weight is 373 g/mol. The number of hydrogen-bond donors (Lipinski definition) is 0. The summed E-state index contributed by atoms with van der Waals surface area (Å²) in [6, 6.07) is 4.87. The third-order valence-corrected chi connectivity index (χ3v) is 6.25. The van der Waals surface area contributed by atoms with E-state index < -0.39 is 0 Å². The van der Waals surface area contributed by atoms with Gasteiger partial charge in [-0.1, -0.05) is 13.3 Å². The van der Waals surface area contributed by atoms with Gasteiger partial charge in [0.2, 0.25) is 5.91 Å². The molecular formula is C22H36N4O. The molecule has 27 heavy (non-hydrogen) atoms. The van der Waals surface area contributed by atoms with Gasteiger partial charge in [0.05, 0.1) is 5.92 Å². The van der Waals surface area contributed by atoms with Crippen molar-refractivity contribution in [3.63, 3.8) is 0 Å². The summed E-state index contributed by atoms with van der Waals surface area (Å²) in [7, 11) is 1.98. The molecule has 1 atom stereocenters. The maximum Gasteiger partial charge on any atom is 0.226 e. The second-order valence-corrected chi connectivity index (χ2v) is 8.31. The highest BCUT2D eigenvalue weighted by Gasteiger charge is 2.32. The molecule has 0 bridgehead atoms. The van der Waals surface area contributed by atoms with Crippen molar-refractivity contribution in [1.29, 1.82) is 0 Å². The van der Waals surface area contributed by atoms with Gasteiger partial charge in [-0.2, -0.15) is 0 Å². The van der Waals surface area contributed by atoms with Gasteiger partial charge in [0, 0.05) is 45.1 Å². The summed E-state index contributed by atoms with van der Waals surface area (Å²) in [4.78, 5) is 24.0. The van der Waals surface area contributed by atoms with Crippen molar-refractivity contribution in [1.82, 2.24) is 19.7 Å². The summed E-state index contributed by atoms with van der Waals surface area (Å²) in [6.45, 7) is 8.54. The lowest BCUT2D eigenvalue weighted by atomic mass is 9.92. The fraction of sp³-hybridized carbons (Fsp3) is 0.727. The van der Waals surface area contributed by atoms with Crippen molar-refractivity contribution < 1.29 is 4.79 Å². The van der Waals surface area contributed by atoms with E-state index in [0.29, 0.717) is 11.9 Å². The summed E-state index contributed by atoms with van der Waals surface area (Å²) in [6.07, 6.45) is 10.7. The van der Waals surface area contributed by atoms with E-state index in [0.717, 1.165) is 65.0 Å². The van der Waals surface area contributed by atoms with Gasteiger partial charge < -0.3 is 4.90 Å². The SMILES string of the molecule is CCCCN(C)C(=O)[C@H]1CCCN(C2CCN(Cc3ccncc3)CC2)C1. The van der Waals surface area contributed by atoms with Crippen molar-refractivity contribution in [3.8, 4) is 0 Å². The Kier molecular flexibility index (Phi) is 7.65. The number of aromatic nitrogens is 1. The van der Waals surface area contributed by atoms with Gasteiger partial charge in [0.1, 0.15) is 0 Å². The van der Waals surface area contributed by atoms with Gasteiger partial charge in [0.15, 0.2) is 0 Å². The smallest absolute Gasteiger partial charge is 0.226 e. The van der Waals surface area contributed by atoms with Gasteiger partial charge in [0.25, 0.3) is 0 Å². The molecule has 2 fully saturated rings. The van der Waals surface area contributed by atoms with Gasteiger partial charge in [-0.05, 0) is 69.4 Å². The van der Waals surface area contributed by atoms with Gasteiger partial charge in [-0.3, -0.25) is 19.6 Å². The molecule has 1 aromatic rings. The van der Waals surface area contributed by atoms with Crippen LogP contribution < -0.4 is 0 Å². The lowest BCUT2D eigenvalue weighted by Crippen LogP contribution is -2.50. The standard InChI is InChI=1S/C22H36N4O/c1-3-4-13-24(2)22(27)20-6-5-14-26(18-20)21-9-15-25(16-10-21)17-19-7-11-23-12-8-19/h7-8,11-12,20-21H,3-6,9-10,13-18H2,1-2H3/t20-/m0/s1. The Morgan fingerprint density at radius 3 is 2.63 bits per heavy atom. The number of nitrogens with zero attached hydrogens (tertiary/aromatic N) is 4. The summed E-state index contributed by atoms with van der Waals surface area (Å²) in [5.74, 6) is 0.568. The Hall–Kier alpha value is -1.46. The predicted molar refractivity (Wildman–Crippen MR) is 109 cm³/mol. The second kappa shape index (κ2) is 10.2. The normalized spacial score (nSPS) is 22.7. The van der Waals surface area contributed by atoms with E-state index >= 15 is 0 Å². The minimum Gasteiger partial charge on any atom is -0.345 e. The number of unbranched alkanes of at least 4 members (excludes halogenated alkanes) is 1. The molecule has 5 nitrogen and oxygen atoms in total. The summed E-state index contributed by atoms with van der Waals surface area (Å²) in [5.41, 5.74) is 1.35. The summed E-state index contributed by atoms with van der Waals surface area (Å²) >= 11 is 0. The quantitative estimate of drug-likeness (QED) is 0.738. The summed E-state index contributed by atoms with van der Waals surface area (Å²) < 4.78 is 0. The number of hydrogen-bond acceptors (Lipinski definition) is 4. The molecular weight excluding hydrogens is 336 g/mol. The van der Waals surface area contributed by atoms with Gasteiger partial charge in [-0.25, -0.2) is 0 Å². The van der Waals surface area contributed by atoms with Crippen LogP contribution in [0.2, 0.25) is 0 Å². The van der Waals surface area contributed by atoms with Gasteiger partial charge >= 0.3 is 0 Å². The third kappa shape index (κ3) is 5.76. The lowest BCUT2D eigenvalue weighted by Gasteiger charge is -2.42. The molecule has 1 amide bonds. The highest BCUT2D eigenvalue weighted by Crippen LogP contribution is 2.25. The Bertz CT molecular complexity index is 571. The predicted octanol–water partition coefficient (Wildman–Crippen LogP) is 3.02. The topological polar surface area (TPSA) is 39.7 Å². The van der Waals surface area contributed by atoms with Crippen molar-refractivity contribution in [3.05, 3.63) is 30.1 Å². The molecule has 0 aliphatic carbocycles. The molecule has 0 spiro atoms. The lowest BCUT2D eigenvalue weighted by molar-refractivity contribution is -0.136. The zero-order chi connectivity index (χ0) is 19.1. The van der Waals surface area contributed by atoms with E-state index in [2.05, 4.69) is 33.8 Å². The Morgan fingerprint density at radius 2 is 1.93 bits per heavy atom. The largest absolute Gasteiger partial charge is 0.345 e. The molecule has 3 rings (SSSR count). The molecule has 0 saturated carbocycles. The van der Waals surface area contributed by atoms with Crippen LogP contribution in [0.1, 0.15) is 51.0 Å². The zero-order valence-corrected chi connectivity index (χ0v) is 17.1. The Labute approximate surface area is 164 Å². The Balaban J connectivity index is 1.46. The average Bonchev–Trinajstić information content (AvgIpc) is 2.73. The number of rotatable bonds is 7. The molecule has 0 aromatic carbocycles. The summed E-state index contributed by atoms with van der Waals surface area (Å²) in [5, 5.41) is 0. The molecule has 2 aliphatic rings. The first-order chi connectivity index (χ1) is 13.2. The first-order valence-electron chi connectivity index (χ1n) is 10.8. The highest BCUT2D eigenvalue weighted by atomic mass is 16.2. The number of carbonyl (C=O) groups excluding carboxylic acids is 1. The molecule has 0 unspecified atom stereocenters. The third-order valence-electron chi connectivity index (χ3n) is 6.25. The highest BCUT2D eigenvalue weighted by molar-refractivity contribution is 5.78. The molecule has 0 N–H and O–H groups in total. The fourth-order valence-corrected chi connectivity index (χ4v) is 4.55. The molecule has 150 valence electrons. The molecule has 2 saturated heterocycles. The minimum atomic E-state index is 0.204. The van der Waals surface area contributed by atoms with Gasteiger partial charge in [-0.15, -0.1) is 0 Å². The Morgan fingerprint density at radius 1 is 1.19 bits per heavy atom. The maximum absolute atomic E-state index is 12.8. The number of carbonyl (C=O) groups is 1. The zero-order valence-electron chi connectivity index (χ0n) is 17.1. The molecule has 3 heterocycles. The van der Waals surface area contributed by atoms with Crippen LogP contribution in [0.25, 0.3) is 0 Å². The number of amides is 1. The van der Waals surface area contributed by atoms with Crippen LogP contribution in [0.4, 0.5) is 0 Å². The van der Waals surface area contributed by atoms with E-state index in [9.17, 15) is 4.79 Å². The van der Waals surface area contributed by atoms with Crippen molar-refractivity contribution >= 4 is 5.91 Å². The van der Waals surface area contributed by atoms with E-state index in [-0.39, 0.29) is 5.92 Å². The van der Waals surface area contributed by atoms with E-state index in [4.69, 9.17) is 0 Å². The minimum absolute atomic E-state index is 0.204. The van der Waals surface area contributed by atoms with Crippen LogP contribution in [0.3, 0.4) is 0 Å². The van der Waals surface area contributed by atoms with Crippen LogP contribution in [-0.2, 0) is 11.3 Å². The van der Waals surface area contributed by atoms with Crippen LogP contribution in [0, 0.1) is 5.92 Å². The van der Waals surface area contributed by atoms with E-state index in [1.54, 1.807) is 0 Å². The molecule has 1 aromatic heterocycles. The number of piperidine rings is 2. The van der Waals surface area contributed by atoms with Crippen molar-refractivity contribution in [2.24, 2.45) is 5.92 Å². The number of likely N-dealkylation sites (tertiary alicyclic amines) is 2. The number of pyridine rings is 1. The van der Waals surface area contributed by atoms with Crippen molar-refractivity contribution in [2.75, 3.05) is 39.8 Å². The molecule has 5 heteroatoms. The van der Waals surface area contributed by atoms with Crippen molar-refractivity contribution in [2.45, 2.75) is 58.0 Å². The van der Waals surface area contributed by atoms with Crippen LogP contribution in [-0.4, -0.2) is 71.4 Å². The van der Waals surface area contributed by atoms with Crippen LogP contribution in [0.5, 0.6) is 0 Å². The monoisotopic (exact) mass is 372 g/mol.